The number of rotatable bonds is 11. The minimum Gasteiger partial charge on any atom is -0.481 e. The fraction of sp³-hybridized carbons (Fsp3) is 0.474. The van der Waals surface area contributed by atoms with Gasteiger partial charge >= 0.3 is 11.9 Å². The zero-order valence-corrected chi connectivity index (χ0v) is 16.6. The van der Waals surface area contributed by atoms with Crippen LogP contribution in [-0.2, 0) is 23.9 Å². The van der Waals surface area contributed by atoms with E-state index in [1.54, 1.807) is 25.1 Å². The number of hydrogen-bond acceptors (Lipinski definition) is 9. The molecule has 0 radical (unpaired) electrons. The lowest BCUT2D eigenvalue weighted by Gasteiger charge is -1.99. The number of nitrogens with zero attached hydrogens (tertiary/aromatic N) is 2. The van der Waals surface area contributed by atoms with Gasteiger partial charge in [-0.1, -0.05) is 6.07 Å². The monoisotopic (exact) mass is 426 g/mol. The molecule has 0 amide bonds. The summed E-state index contributed by atoms with van der Waals surface area (Å²) in [5, 5.41) is 32.4. The maximum absolute atomic E-state index is 10.00. The smallest absolute Gasteiger partial charge is 0.303 e. The van der Waals surface area contributed by atoms with Crippen LogP contribution < -0.4 is 0 Å². The first kappa shape index (κ1) is 29.0. The molecule has 0 saturated carbocycles. The fourth-order valence-electron chi connectivity index (χ4n) is 1.74. The normalized spacial score (nSPS) is 8.90. The first-order chi connectivity index (χ1) is 14.3. The molecule has 0 aliphatic heterocycles. The van der Waals surface area contributed by atoms with E-state index < -0.39 is 11.9 Å². The minimum atomic E-state index is -0.870. The Morgan fingerprint density at radius 2 is 1.30 bits per heavy atom. The molecular weight excluding hydrogens is 400 g/mol. The van der Waals surface area contributed by atoms with Gasteiger partial charge in [0.15, 0.2) is 0 Å². The van der Waals surface area contributed by atoms with Gasteiger partial charge in [0, 0.05) is 18.4 Å². The molecule has 166 valence electrons. The number of carboxylic acid groups (broad SMARTS) is 2. The van der Waals surface area contributed by atoms with Crippen molar-refractivity contribution >= 4 is 35.5 Å². The van der Waals surface area contributed by atoms with Crippen LogP contribution in [0.3, 0.4) is 0 Å². The molecule has 0 atom stereocenters. The second-order valence-corrected chi connectivity index (χ2v) is 5.38. The Bertz CT molecular complexity index is 668. The largest absolute Gasteiger partial charge is 0.481 e. The van der Waals surface area contributed by atoms with Gasteiger partial charge in [-0.05, 0) is 31.9 Å². The van der Waals surface area contributed by atoms with Crippen LogP contribution in [0.2, 0.25) is 0 Å². The van der Waals surface area contributed by atoms with Gasteiger partial charge < -0.3 is 25.2 Å². The summed E-state index contributed by atoms with van der Waals surface area (Å²) >= 11 is 0. The van der Waals surface area contributed by atoms with Crippen molar-refractivity contribution in [1.82, 2.24) is 0 Å². The van der Waals surface area contributed by atoms with E-state index in [0.717, 1.165) is 0 Å². The van der Waals surface area contributed by atoms with Gasteiger partial charge in [-0.3, -0.25) is 9.59 Å². The Balaban J connectivity index is 0. The van der Waals surface area contributed by atoms with Gasteiger partial charge in [0.05, 0.1) is 37.8 Å². The van der Waals surface area contributed by atoms with Crippen molar-refractivity contribution in [2.75, 3.05) is 26.4 Å². The third-order valence-electron chi connectivity index (χ3n) is 3.11. The standard InChI is InChI=1S/C9H6N2O2.C6H10O4.C4H10O3/c1-7-8(10-5-12)3-2-4-9(7)11-6-13;7-5(8)3-1-2-4-6(9)10;5-1-3-7-4-2-6/h2-4H,1H3;1-4H2,(H,7,8)(H,9,10);5-6H,1-4H2. The molecule has 0 saturated heterocycles. The first-order valence-corrected chi connectivity index (χ1v) is 8.82. The lowest BCUT2D eigenvalue weighted by atomic mass is 10.1. The Morgan fingerprint density at radius 3 is 1.60 bits per heavy atom. The molecule has 0 spiro atoms. The highest BCUT2D eigenvalue weighted by molar-refractivity contribution is 5.68. The molecule has 1 aromatic rings. The van der Waals surface area contributed by atoms with E-state index in [-0.39, 0.29) is 26.1 Å². The summed E-state index contributed by atoms with van der Waals surface area (Å²) in [6, 6.07) is 4.94. The zero-order valence-electron chi connectivity index (χ0n) is 16.6. The number of hydrogen-bond donors (Lipinski definition) is 4. The van der Waals surface area contributed by atoms with Crippen molar-refractivity contribution in [3.8, 4) is 0 Å². The van der Waals surface area contributed by atoms with Crippen LogP contribution in [0.4, 0.5) is 11.4 Å². The molecule has 0 aliphatic carbocycles. The Kier molecular flexibility index (Phi) is 19.9. The number of aliphatic carboxylic acids is 2. The highest BCUT2D eigenvalue weighted by Crippen LogP contribution is 2.26. The van der Waals surface area contributed by atoms with Crippen molar-refractivity contribution in [2.24, 2.45) is 9.98 Å². The topological polar surface area (TPSA) is 183 Å². The van der Waals surface area contributed by atoms with Crippen molar-refractivity contribution in [3.05, 3.63) is 23.8 Å². The molecule has 0 aromatic heterocycles. The Hall–Kier alpha value is -3.20. The van der Waals surface area contributed by atoms with Gasteiger partial charge in [-0.25, -0.2) is 9.59 Å². The number of carbonyl (C=O) groups excluding carboxylic acids is 2. The summed E-state index contributed by atoms with van der Waals surface area (Å²) in [6.07, 6.45) is 3.88. The van der Waals surface area contributed by atoms with E-state index in [9.17, 15) is 19.2 Å². The van der Waals surface area contributed by atoms with Gasteiger partial charge in [-0.15, -0.1) is 0 Å². The third kappa shape index (κ3) is 18.2. The minimum absolute atomic E-state index is 0.0278. The van der Waals surface area contributed by atoms with E-state index >= 15 is 0 Å². The molecule has 11 heteroatoms. The predicted molar refractivity (Wildman–Crippen MR) is 105 cm³/mol. The highest BCUT2D eigenvalue weighted by Gasteiger charge is 2.01. The summed E-state index contributed by atoms with van der Waals surface area (Å²) in [7, 11) is 0. The SMILES string of the molecule is Cc1c(N=C=O)cccc1N=C=O.O=C(O)CCCCC(=O)O.OCCOCCO. The molecule has 0 bridgehead atoms. The number of benzene rings is 1. The van der Waals surface area contributed by atoms with E-state index in [4.69, 9.17) is 20.4 Å². The van der Waals surface area contributed by atoms with E-state index in [0.29, 0.717) is 43.0 Å². The molecule has 1 aromatic carbocycles. The number of carboxylic acids is 2. The van der Waals surface area contributed by atoms with Crippen LogP contribution in [0.1, 0.15) is 31.2 Å². The maximum atomic E-state index is 10.00. The number of unbranched alkanes of at least 4 members (excludes halogenated alkanes) is 1. The molecule has 4 N–H and O–H groups in total. The van der Waals surface area contributed by atoms with E-state index in [1.165, 1.54) is 12.2 Å². The Morgan fingerprint density at radius 1 is 0.900 bits per heavy atom. The molecule has 0 fully saturated rings. The molecule has 30 heavy (non-hydrogen) atoms. The van der Waals surface area contributed by atoms with Crippen LogP contribution in [-0.4, -0.2) is 71.0 Å². The van der Waals surface area contributed by atoms with Gasteiger partial charge in [0.25, 0.3) is 0 Å². The molecule has 11 nitrogen and oxygen atoms in total. The molecule has 0 unspecified atom stereocenters. The summed E-state index contributed by atoms with van der Waals surface area (Å²) in [6.45, 7) is 2.41. The summed E-state index contributed by atoms with van der Waals surface area (Å²) in [5.74, 6) is -1.74. The number of aliphatic hydroxyl groups excluding tert-OH is 2. The zero-order chi connectivity index (χ0) is 23.2. The third-order valence-corrected chi connectivity index (χ3v) is 3.11. The first-order valence-electron chi connectivity index (χ1n) is 8.82. The van der Waals surface area contributed by atoms with Gasteiger partial charge in [0.2, 0.25) is 12.2 Å². The Labute approximate surface area is 173 Å². The van der Waals surface area contributed by atoms with E-state index in [2.05, 4.69) is 14.7 Å². The van der Waals surface area contributed by atoms with Crippen LogP contribution in [0.5, 0.6) is 0 Å². The molecule has 0 aliphatic rings. The average molecular weight is 426 g/mol. The summed E-state index contributed by atoms with van der Waals surface area (Å²) in [4.78, 5) is 46.7. The van der Waals surface area contributed by atoms with Gasteiger partial charge in [0.1, 0.15) is 0 Å². The van der Waals surface area contributed by atoms with Gasteiger partial charge in [-0.2, -0.15) is 9.98 Å². The summed E-state index contributed by atoms with van der Waals surface area (Å²) < 4.78 is 4.63. The van der Waals surface area contributed by atoms with Crippen molar-refractivity contribution < 1.29 is 44.3 Å². The highest BCUT2D eigenvalue weighted by atomic mass is 16.5. The number of aliphatic hydroxyl groups is 2. The van der Waals surface area contributed by atoms with Crippen LogP contribution >= 0.6 is 0 Å². The van der Waals surface area contributed by atoms with Crippen molar-refractivity contribution in [3.63, 3.8) is 0 Å². The van der Waals surface area contributed by atoms with Crippen LogP contribution in [0.25, 0.3) is 0 Å². The summed E-state index contributed by atoms with van der Waals surface area (Å²) in [5.41, 5.74) is 1.59. The van der Waals surface area contributed by atoms with Crippen LogP contribution in [0.15, 0.2) is 28.2 Å². The lowest BCUT2D eigenvalue weighted by molar-refractivity contribution is -0.139. The molecule has 0 heterocycles. The molecule has 1 rings (SSSR count). The quantitative estimate of drug-likeness (QED) is 0.232. The van der Waals surface area contributed by atoms with E-state index in [1.807, 2.05) is 0 Å². The lowest BCUT2D eigenvalue weighted by Crippen LogP contribution is -2.03. The average Bonchev–Trinajstić information content (AvgIpc) is 2.70. The number of ether oxygens (including phenoxy) is 1. The number of isocyanates is 2. The second kappa shape index (κ2) is 20.5. The van der Waals surface area contributed by atoms with Crippen molar-refractivity contribution in [2.45, 2.75) is 32.6 Å². The second-order valence-electron chi connectivity index (χ2n) is 5.38. The number of carbonyl (C=O) groups is 2. The van der Waals surface area contributed by atoms with Crippen LogP contribution in [0, 0.1) is 6.92 Å². The number of aliphatic imine (C=N–C) groups is 2. The predicted octanol–water partition coefficient (Wildman–Crippen LogP) is 1.63. The molecular formula is C19H26N2O9. The van der Waals surface area contributed by atoms with Crippen molar-refractivity contribution in [1.29, 1.82) is 0 Å². The fourth-order valence-corrected chi connectivity index (χ4v) is 1.74. The maximum Gasteiger partial charge on any atom is 0.303 e.